The van der Waals surface area contributed by atoms with Crippen LogP contribution in [0, 0.1) is 0 Å². The van der Waals surface area contributed by atoms with E-state index in [1.165, 1.54) is 23.7 Å². The Balaban J connectivity index is 2.31. The highest BCUT2D eigenvalue weighted by Crippen LogP contribution is 2.26. The lowest BCUT2D eigenvalue weighted by molar-refractivity contribution is 0.922. The maximum Gasteiger partial charge on any atom is 0.168 e. The van der Waals surface area contributed by atoms with Crippen LogP contribution < -0.4 is 5.32 Å². The molecule has 1 N–H and O–H groups in total. The maximum atomic E-state index is 4.37. The molecule has 90 valence electrons. The monoisotopic (exact) mass is 247 g/mol. The Morgan fingerprint density at radius 1 is 1.24 bits per heavy atom. The number of benzene rings is 1. The zero-order valence-electron chi connectivity index (χ0n) is 10.2. The Bertz CT molecular complexity index is 479. The van der Waals surface area contributed by atoms with Gasteiger partial charge in [-0.05, 0) is 25.0 Å². The Kier molecular flexibility index (Phi) is 4.09. The summed E-state index contributed by atoms with van der Waals surface area (Å²) in [5.41, 5.74) is 3.48. The summed E-state index contributed by atoms with van der Waals surface area (Å²) in [4.78, 5) is 0. The Hall–Kier alpha value is -1.42. The molecule has 0 spiro atoms. The van der Waals surface area contributed by atoms with Crippen LogP contribution in [0.25, 0.3) is 11.3 Å². The molecule has 0 radical (unpaired) electrons. The van der Waals surface area contributed by atoms with E-state index < -0.39 is 0 Å². The lowest BCUT2D eigenvalue weighted by Gasteiger charge is -2.04. The number of hydrogen-bond donors (Lipinski definition) is 1. The summed E-state index contributed by atoms with van der Waals surface area (Å²) in [5, 5.41) is 3.24. The molecule has 4 heteroatoms. The van der Waals surface area contributed by atoms with Gasteiger partial charge in [-0.25, -0.2) is 0 Å². The van der Waals surface area contributed by atoms with Gasteiger partial charge in [-0.2, -0.15) is 8.75 Å². The maximum absolute atomic E-state index is 4.37. The van der Waals surface area contributed by atoms with Crippen LogP contribution in [-0.4, -0.2) is 15.3 Å². The molecule has 0 fully saturated rings. The molecule has 0 atom stereocenters. The van der Waals surface area contributed by atoms with Gasteiger partial charge in [-0.15, -0.1) is 0 Å². The zero-order valence-corrected chi connectivity index (χ0v) is 11.0. The SMILES string of the molecule is CCCc1cccc(-c2nsnc2NCC)c1. The minimum Gasteiger partial charge on any atom is -0.368 e. The molecule has 1 aromatic heterocycles. The van der Waals surface area contributed by atoms with Crippen LogP contribution in [0.5, 0.6) is 0 Å². The van der Waals surface area contributed by atoms with Gasteiger partial charge in [0.05, 0.1) is 11.7 Å². The van der Waals surface area contributed by atoms with Crippen molar-refractivity contribution >= 4 is 17.5 Å². The van der Waals surface area contributed by atoms with E-state index in [1.54, 1.807) is 0 Å². The first-order valence-electron chi connectivity index (χ1n) is 6.01. The van der Waals surface area contributed by atoms with Crippen LogP contribution in [0.2, 0.25) is 0 Å². The third kappa shape index (κ3) is 2.82. The zero-order chi connectivity index (χ0) is 12.1. The lowest BCUT2D eigenvalue weighted by Crippen LogP contribution is -1.98. The van der Waals surface area contributed by atoms with E-state index in [2.05, 4.69) is 52.2 Å². The fourth-order valence-corrected chi connectivity index (χ4v) is 2.37. The number of anilines is 1. The van der Waals surface area contributed by atoms with Crippen molar-refractivity contribution in [1.82, 2.24) is 8.75 Å². The third-order valence-electron chi connectivity index (χ3n) is 2.57. The second kappa shape index (κ2) is 5.77. The van der Waals surface area contributed by atoms with Crippen molar-refractivity contribution in [3.8, 4) is 11.3 Å². The van der Waals surface area contributed by atoms with E-state index in [0.717, 1.165) is 30.0 Å². The molecule has 0 saturated carbocycles. The number of nitrogens with zero attached hydrogens (tertiary/aromatic N) is 2. The summed E-state index contributed by atoms with van der Waals surface area (Å²) >= 11 is 1.26. The van der Waals surface area contributed by atoms with Gasteiger partial charge in [-0.1, -0.05) is 31.5 Å². The van der Waals surface area contributed by atoms with E-state index in [1.807, 2.05) is 0 Å². The first-order chi connectivity index (χ1) is 8.35. The van der Waals surface area contributed by atoms with E-state index in [0.29, 0.717) is 0 Å². The molecule has 1 heterocycles. The molecule has 0 bridgehead atoms. The number of aromatic nitrogens is 2. The van der Waals surface area contributed by atoms with Crippen LogP contribution in [-0.2, 0) is 6.42 Å². The van der Waals surface area contributed by atoms with Crippen molar-refractivity contribution in [2.45, 2.75) is 26.7 Å². The minimum atomic E-state index is 0.868. The molecule has 2 rings (SSSR count). The standard InChI is InChI=1S/C13H17N3S/c1-3-6-10-7-5-8-11(9-10)12-13(14-4-2)16-17-15-12/h5,7-9H,3-4,6H2,1-2H3,(H,14,16). The summed E-state index contributed by atoms with van der Waals surface area (Å²) < 4.78 is 8.65. The number of nitrogens with one attached hydrogen (secondary N) is 1. The predicted molar refractivity (Wildman–Crippen MR) is 73.5 cm³/mol. The third-order valence-corrected chi connectivity index (χ3v) is 3.10. The molecule has 3 nitrogen and oxygen atoms in total. The van der Waals surface area contributed by atoms with Gasteiger partial charge in [0.2, 0.25) is 0 Å². The molecule has 0 amide bonds. The fraction of sp³-hybridized carbons (Fsp3) is 0.385. The predicted octanol–water partition coefficient (Wildman–Crippen LogP) is 3.59. The second-order valence-corrected chi connectivity index (χ2v) is 4.47. The first kappa shape index (κ1) is 12.0. The van der Waals surface area contributed by atoms with Gasteiger partial charge < -0.3 is 5.32 Å². The molecule has 0 unspecified atom stereocenters. The first-order valence-corrected chi connectivity index (χ1v) is 6.74. The number of aryl methyl sites for hydroxylation is 1. The normalized spacial score (nSPS) is 10.5. The Morgan fingerprint density at radius 3 is 2.88 bits per heavy atom. The van der Waals surface area contributed by atoms with Crippen molar-refractivity contribution < 1.29 is 0 Å². The summed E-state index contributed by atoms with van der Waals surface area (Å²) in [5.74, 6) is 0.895. The highest BCUT2D eigenvalue weighted by atomic mass is 32.1. The molecule has 0 aliphatic carbocycles. The average Bonchev–Trinajstić information content (AvgIpc) is 2.79. The van der Waals surface area contributed by atoms with Gasteiger partial charge in [0.1, 0.15) is 5.69 Å². The highest BCUT2D eigenvalue weighted by molar-refractivity contribution is 6.99. The number of rotatable bonds is 5. The van der Waals surface area contributed by atoms with Crippen LogP contribution in [0.15, 0.2) is 24.3 Å². The van der Waals surface area contributed by atoms with Crippen LogP contribution in [0.4, 0.5) is 5.82 Å². The van der Waals surface area contributed by atoms with Crippen molar-refractivity contribution in [2.24, 2.45) is 0 Å². The van der Waals surface area contributed by atoms with E-state index in [4.69, 9.17) is 0 Å². The summed E-state index contributed by atoms with van der Waals surface area (Å²) in [6.07, 6.45) is 2.28. The summed E-state index contributed by atoms with van der Waals surface area (Å²) in [7, 11) is 0. The second-order valence-electron chi connectivity index (χ2n) is 3.94. The van der Waals surface area contributed by atoms with E-state index >= 15 is 0 Å². The van der Waals surface area contributed by atoms with Gasteiger partial charge in [0.25, 0.3) is 0 Å². The van der Waals surface area contributed by atoms with Crippen molar-refractivity contribution in [2.75, 3.05) is 11.9 Å². The van der Waals surface area contributed by atoms with Crippen LogP contribution in [0.3, 0.4) is 0 Å². The Morgan fingerprint density at radius 2 is 2.12 bits per heavy atom. The topological polar surface area (TPSA) is 37.8 Å². The molecular weight excluding hydrogens is 230 g/mol. The average molecular weight is 247 g/mol. The largest absolute Gasteiger partial charge is 0.368 e. The molecule has 0 aliphatic heterocycles. The molecule has 17 heavy (non-hydrogen) atoms. The lowest BCUT2D eigenvalue weighted by atomic mass is 10.0. The molecule has 2 aromatic rings. The van der Waals surface area contributed by atoms with Gasteiger partial charge in [0.15, 0.2) is 5.82 Å². The van der Waals surface area contributed by atoms with Crippen LogP contribution >= 0.6 is 11.7 Å². The quantitative estimate of drug-likeness (QED) is 0.877. The van der Waals surface area contributed by atoms with E-state index in [-0.39, 0.29) is 0 Å². The van der Waals surface area contributed by atoms with Gasteiger partial charge in [-0.3, -0.25) is 0 Å². The minimum absolute atomic E-state index is 0.868. The highest BCUT2D eigenvalue weighted by Gasteiger charge is 2.09. The number of hydrogen-bond acceptors (Lipinski definition) is 4. The molecular formula is C13H17N3S. The van der Waals surface area contributed by atoms with Gasteiger partial charge in [0, 0.05) is 12.1 Å². The van der Waals surface area contributed by atoms with Crippen LogP contribution in [0.1, 0.15) is 25.8 Å². The summed E-state index contributed by atoms with van der Waals surface area (Å²) in [6, 6.07) is 8.56. The molecule has 1 aromatic carbocycles. The van der Waals surface area contributed by atoms with Crippen molar-refractivity contribution in [3.63, 3.8) is 0 Å². The van der Waals surface area contributed by atoms with Crippen molar-refractivity contribution in [3.05, 3.63) is 29.8 Å². The van der Waals surface area contributed by atoms with Gasteiger partial charge >= 0.3 is 0 Å². The van der Waals surface area contributed by atoms with Crippen molar-refractivity contribution in [1.29, 1.82) is 0 Å². The van der Waals surface area contributed by atoms with E-state index in [9.17, 15) is 0 Å². The Labute approximate surface area is 106 Å². The molecule has 0 aliphatic rings. The summed E-state index contributed by atoms with van der Waals surface area (Å²) in [6.45, 7) is 5.13. The smallest absolute Gasteiger partial charge is 0.168 e. The molecule has 0 saturated heterocycles. The fourth-order valence-electron chi connectivity index (χ4n) is 1.82.